The van der Waals surface area contributed by atoms with Crippen molar-refractivity contribution < 1.29 is 13.2 Å². The normalized spacial score (nSPS) is 17.2. The van der Waals surface area contributed by atoms with Crippen LogP contribution in [0.1, 0.15) is 5.56 Å². The minimum Gasteiger partial charge on any atom is -0.487 e. The molecule has 0 bridgehead atoms. The fourth-order valence-corrected chi connectivity index (χ4v) is 5.41. The number of benzene rings is 2. The van der Waals surface area contributed by atoms with Gasteiger partial charge in [-0.2, -0.15) is 0 Å². The molecule has 0 atom stereocenters. The van der Waals surface area contributed by atoms with Crippen molar-refractivity contribution in [2.24, 2.45) is 0 Å². The van der Waals surface area contributed by atoms with E-state index in [4.69, 9.17) is 27.9 Å². The molecular weight excluding hydrogens is 421 g/mol. The molecule has 0 aliphatic carbocycles. The Morgan fingerprint density at radius 2 is 1.71 bits per heavy atom. The van der Waals surface area contributed by atoms with Crippen LogP contribution in [0.2, 0.25) is 10.0 Å². The fourth-order valence-electron chi connectivity index (χ4n) is 3.57. The van der Waals surface area contributed by atoms with Gasteiger partial charge in [0.25, 0.3) is 10.0 Å². The highest BCUT2D eigenvalue weighted by molar-refractivity contribution is 7.92. The van der Waals surface area contributed by atoms with Gasteiger partial charge in [-0.3, -0.25) is 4.31 Å². The Morgan fingerprint density at radius 1 is 1.00 bits per heavy atom. The lowest BCUT2D eigenvalue weighted by molar-refractivity contribution is 0.315. The molecule has 0 amide bonds. The van der Waals surface area contributed by atoms with Crippen molar-refractivity contribution in [1.29, 1.82) is 0 Å². The molecule has 2 aliphatic heterocycles. The van der Waals surface area contributed by atoms with E-state index in [0.717, 1.165) is 37.4 Å². The van der Waals surface area contributed by atoms with Crippen LogP contribution < -0.4 is 19.3 Å². The molecule has 9 heteroatoms. The van der Waals surface area contributed by atoms with Crippen LogP contribution in [0.4, 0.5) is 11.4 Å². The monoisotopic (exact) mass is 441 g/mol. The van der Waals surface area contributed by atoms with Crippen molar-refractivity contribution in [2.75, 3.05) is 48.5 Å². The SMILES string of the molecule is Cc1cc(N2CCNCC2)c2c(c1)N(S(=O)(=O)c1ccc(Cl)c(Cl)c1)CCO2. The summed E-state index contributed by atoms with van der Waals surface area (Å²) in [4.78, 5) is 2.34. The molecule has 2 heterocycles. The van der Waals surface area contributed by atoms with Gasteiger partial charge in [-0.05, 0) is 42.8 Å². The van der Waals surface area contributed by atoms with Crippen molar-refractivity contribution in [1.82, 2.24) is 5.32 Å². The Labute approximate surface area is 175 Å². The topological polar surface area (TPSA) is 61.9 Å². The smallest absolute Gasteiger partial charge is 0.264 e. The zero-order valence-corrected chi connectivity index (χ0v) is 17.7. The van der Waals surface area contributed by atoms with Crippen molar-refractivity contribution in [2.45, 2.75) is 11.8 Å². The standard InChI is InChI=1S/C19H21Cl2N3O3S/c1-13-10-17(23-6-4-22-5-7-23)19-18(11-13)24(8-9-27-19)28(25,26)14-2-3-15(20)16(21)12-14/h2-3,10-12,22H,4-9H2,1H3. The molecule has 2 aliphatic rings. The van der Waals surface area contributed by atoms with E-state index in [2.05, 4.69) is 16.3 Å². The van der Waals surface area contributed by atoms with Gasteiger partial charge < -0.3 is 15.0 Å². The van der Waals surface area contributed by atoms with Crippen molar-refractivity contribution in [3.8, 4) is 5.75 Å². The summed E-state index contributed by atoms with van der Waals surface area (Å²) in [5, 5.41) is 3.86. The molecule has 0 spiro atoms. The minimum absolute atomic E-state index is 0.111. The Kier molecular flexibility index (Phi) is 5.35. The fraction of sp³-hybridized carbons (Fsp3) is 0.368. The van der Waals surface area contributed by atoms with Crippen LogP contribution in [0.5, 0.6) is 5.75 Å². The van der Waals surface area contributed by atoms with Gasteiger partial charge in [-0.1, -0.05) is 23.2 Å². The third-order valence-corrected chi connectivity index (χ3v) is 7.49. The van der Waals surface area contributed by atoms with Crippen molar-refractivity contribution in [3.05, 3.63) is 45.9 Å². The first-order chi connectivity index (χ1) is 13.4. The number of hydrogen-bond donors (Lipinski definition) is 1. The highest BCUT2D eigenvalue weighted by atomic mass is 35.5. The van der Waals surface area contributed by atoms with E-state index in [1.165, 1.54) is 22.5 Å². The third-order valence-electron chi connectivity index (χ3n) is 4.94. The second kappa shape index (κ2) is 7.63. The summed E-state index contributed by atoms with van der Waals surface area (Å²) in [5.74, 6) is 0.613. The van der Waals surface area contributed by atoms with Crippen molar-refractivity contribution in [3.63, 3.8) is 0 Å². The highest BCUT2D eigenvalue weighted by Gasteiger charge is 2.33. The maximum Gasteiger partial charge on any atom is 0.264 e. The first-order valence-corrected chi connectivity index (χ1v) is 11.3. The van der Waals surface area contributed by atoms with Crippen LogP contribution >= 0.6 is 23.2 Å². The lowest BCUT2D eigenvalue weighted by atomic mass is 10.1. The van der Waals surface area contributed by atoms with Crippen LogP contribution in [-0.2, 0) is 10.0 Å². The summed E-state index contributed by atoms with van der Waals surface area (Å²) < 4.78 is 34.1. The van der Waals surface area contributed by atoms with E-state index < -0.39 is 10.0 Å². The van der Waals surface area contributed by atoms with E-state index >= 15 is 0 Å². The van der Waals surface area contributed by atoms with E-state index in [1.807, 2.05) is 13.0 Å². The van der Waals surface area contributed by atoms with Gasteiger partial charge in [0.1, 0.15) is 6.61 Å². The lowest BCUT2D eigenvalue weighted by Crippen LogP contribution is -2.44. The molecule has 4 rings (SSSR count). The van der Waals surface area contributed by atoms with Gasteiger partial charge in [0.05, 0.1) is 32.9 Å². The summed E-state index contributed by atoms with van der Waals surface area (Å²) in [6, 6.07) is 8.28. The molecule has 1 saturated heterocycles. The van der Waals surface area contributed by atoms with Gasteiger partial charge in [-0.25, -0.2) is 8.42 Å². The van der Waals surface area contributed by atoms with Crippen LogP contribution in [0.3, 0.4) is 0 Å². The number of fused-ring (bicyclic) bond motifs is 1. The van der Waals surface area contributed by atoms with E-state index in [0.29, 0.717) is 16.5 Å². The number of rotatable bonds is 3. The number of halogens is 2. The van der Waals surface area contributed by atoms with E-state index in [1.54, 1.807) is 0 Å². The number of piperazine rings is 1. The van der Waals surface area contributed by atoms with Gasteiger partial charge in [0, 0.05) is 26.2 Å². The largest absolute Gasteiger partial charge is 0.487 e. The maximum absolute atomic E-state index is 13.4. The van der Waals surface area contributed by atoms with Crippen LogP contribution in [0.15, 0.2) is 35.2 Å². The zero-order chi connectivity index (χ0) is 19.9. The van der Waals surface area contributed by atoms with E-state index in [-0.39, 0.29) is 23.1 Å². The molecule has 2 aromatic rings. The van der Waals surface area contributed by atoms with Gasteiger partial charge in [-0.15, -0.1) is 0 Å². The molecule has 6 nitrogen and oxygen atoms in total. The molecule has 0 radical (unpaired) electrons. The molecule has 2 aromatic carbocycles. The zero-order valence-electron chi connectivity index (χ0n) is 15.4. The number of aryl methyl sites for hydroxylation is 1. The average molecular weight is 442 g/mol. The number of nitrogens with zero attached hydrogens (tertiary/aromatic N) is 2. The molecule has 0 unspecified atom stereocenters. The first-order valence-electron chi connectivity index (χ1n) is 9.09. The summed E-state index contributed by atoms with van der Waals surface area (Å²) in [5.41, 5.74) is 2.48. The molecule has 150 valence electrons. The average Bonchev–Trinajstić information content (AvgIpc) is 2.69. The quantitative estimate of drug-likeness (QED) is 0.791. The van der Waals surface area contributed by atoms with Gasteiger partial charge >= 0.3 is 0 Å². The second-order valence-electron chi connectivity index (χ2n) is 6.87. The molecule has 28 heavy (non-hydrogen) atoms. The first kappa shape index (κ1) is 19.6. The van der Waals surface area contributed by atoms with Gasteiger partial charge in [0.2, 0.25) is 0 Å². The summed E-state index contributed by atoms with van der Waals surface area (Å²) in [6.45, 7) is 5.94. The summed E-state index contributed by atoms with van der Waals surface area (Å²) >= 11 is 12.0. The molecule has 0 saturated carbocycles. The number of anilines is 2. The van der Waals surface area contributed by atoms with Crippen molar-refractivity contribution >= 4 is 44.6 Å². The second-order valence-corrected chi connectivity index (χ2v) is 9.55. The molecule has 0 aromatic heterocycles. The number of sulfonamides is 1. The minimum atomic E-state index is -3.80. The maximum atomic E-state index is 13.4. The van der Waals surface area contributed by atoms with E-state index in [9.17, 15) is 8.42 Å². The predicted octanol–water partition coefficient (Wildman–Crippen LogP) is 3.30. The molecule has 1 fully saturated rings. The molecule has 1 N–H and O–H groups in total. The Balaban J connectivity index is 1.80. The Morgan fingerprint density at radius 3 is 2.43 bits per heavy atom. The van der Waals surface area contributed by atoms with Crippen LogP contribution in [-0.4, -0.2) is 47.7 Å². The Bertz CT molecular complexity index is 1010. The number of nitrogens with one attached hydrogen (secondary N) is 1. The third kappa shape index (κ3) is 3.52. The van der Waals surface area contributed by atoms with Crippen LogP contribution in [0.25, 0.3) is 0 Å². The summed E-state index contributed by atoms with van der Waals surface area (Å²) in [7, 11) is -3.80. The van der Waals surface area contributed by atoms with Crippen LogP contribution in [0, 0.1) is 6.92 Å². The lowest BCUT2D eigenvalue weighted by Gasteiger charge is -2.36. The Hall–Kier alpha value is -1.67. The highest BCUT2D eigenvalue weighted by Crippen LogP contribution is 2.43. The van der Waals surface area contributed by atoms with Gasteiger partial charge in [0.15, 0.2) is 5.75 Å². The number of hydrogen-bond acceptors (Lipinski definition) is 5. The summed E-state index contributed by atoms with van der Waals surface area (Å²) in [6.07, 6.45) is 0. The predicted molar refractivity (Wildman–Crippen MR) is 113 cm³/mol. The molecular formula is C19H21Cl2N3O3S. The number of ether oxygens (including phenoxy) is 1.